The molecule has 0 aliphatic heterocycles. The number of nitrogens with zero attached hydrogens (tertiary/aromatic N) is 1. The number of carbonyl (C=O) groups excluding carboxylic acids is 1. The Morgan fingerprint density at radius 3 is 2.74 bits per heavy atom. The van der Waals surface area contributed by atoms with E-state index in [4.69, 9.17) is 0 Å². The number of hydrogen-bond donors (Lipinski definition) is 0. The van der Waals surface area contributed by atoms with Crippen LogP contribution in [0.2, 0.25) is 0 Å². The zero-order chi connectivity index (χ0) is 14.0. The molecule has 0 N–H and O–H groups in total. The van der Waals surface area contributed by atoms with Crippen LogP contribution in [0.1, 0.15) is 16.1 Å². The molecule has 1 heterocycles. The van der Waals surface area contributed by atoms with Crippen LogP contribution in [0.3, 0.4) is 0 Å². The molecule has 1 aromatic heterocycles. The number of ether oxygens (including phenoxy) is 1. The summed E-state index contributed by atoms with van der Waals surface area (Å²) in [4.78, 5) is 15.6. The number of thiazole rings is 1. The van der Waals surface area contributed by atoms with Crippen LogP contribution in [0.25, 0.3) is 10.4 Å². The minimum atomic E-state index is -4.42. The summed E-state index contributed by atoms with van der Waals surface area (Å²) in [6.45, 7) is 0. The van der Waals surface area contributed by atoms with E-state index in [2.05, 4.69) is 9.72 Å². The van der Waals surface area contributed by atoms with Crippen molar-refractivity contribution < 1.29 is 22.7 Å². The van der Waals surface area contributed by atoms with Gasteiger partial charge in [-0.15, -0.1) is 11.3 Å². The molecular weight excluding hydrogens is 279 g/mol. The van der Waals surface area contributed by atoms with Crippen molar-refractivity contribution >= 4 is 17.3 Å². The SMILES string of the molecule is COC(=O)c1ncsc1-c1cccc(C(F)(F)F)c1. The number of aromatic nitrogens is 1. The summed E-state index contributed by atoms with van der Waals surface area (Å²) in [6, 6.07) is 4.75. The highest BCUT2D eigenvalue weighted by molar-refractivity contribution is 7.13. The van der Waals surface area contributed by atoms with E-state index in [9.17, 15) is 18.0 Å². The smallest absolute Gasteiger partial charge is 0.416 e. The molecule has 0 unspecified atom stereocenters. The lowest BCUT2D eigenvalue weighted by molar-refractivity contribution is -0.137. The lowest BCUT2D eigenvalue weighted by Crippen LogP contribution is -2.05. The van der Waals surface area contributed by atoms with Gasteiger partial charge >= 0.3 is 12.1 Å². The quantitative estimate of drug-likeness (QED) is 0.792. The Morgan fingerprint density at radius 2 is 2.11 bits per heavy atom. The van der Waals surface area contributed by atoms with E-state index >= 15 is 0 Å². The predicted octanol–water partition coefficient (Wildman–Crippen LogP) is 3.62. The van der Waals surface area contributed by atoms with Crippen molar-refractivity contribution in [2.75, 3.05) is 7.11 Å². The third kappa shape index (κ3) is 2.76. The Kier molecular flexibility index (Phi) is 3.57. The van der Waals surface area contributed by atoms with Gasteiger partial charge in [0.2, 0.25) is 0 Å². The van der Waals surface area contributed by atoms with Gasteiger partial charge in [0.1, 0.15) is 0 Å². The standard InChI is InChI=1S/C12H8F3NO2S/c1-18-11(17)9-10(19-6-16-9)7-3-2-4-8(5-7)12(13,14)15/h2-6H,1H3. The van der Waals surface area contributed by atoms with E-state index in [1.165, 1.54) is 24.8 Å². The van der Waals surface area contributed by atoms with E-state index < -0.39 is 17.7 Å². The first-order chi connectivity index (χ1) is 8.93. The summed E-state index contributed by atoms with van der Waals surface area (Å²) in [5.74, 6) is -0.673. The first kappa shape index (κ1) is 13.5. The van der Waals surface area contributed by atoms with Gasteiger partial charge < -0.3 is 4.74 Å². The average Bonchev–Trinajstić information content (AvgIpc) is 2.86. The molecule has 7 heteroatoms. The number of esters is 1. The normalized spacial score (nSPS) is 11.4. The Balaban J connectivity index is 2.49. The van der Waals surface area contributed by atoms with Crippen molar-refractivity contribution in [2.24, 2.45) is 0 Å². The fourth-order valence-corrected chi connectivity index (χ4v) is 2.30. The van der Waals surface area contributed by atoms with Crippen LogP contribution in [0.15, 0.2) is 29.8 Å². The summed E-state index contributed by atoms with van der Waals surface area (Å²) in [5.41, 5.74) is 0.931. The second kappa shape index (κ2) is 5.00. The molecule has 19 heavy (non-hydrogen) atoms. The molecule has 2 aromatic rings. The number of halogens is 3. The Labute approximate surface area is 110 Å². The molecule has 0 spiro atoms. The zero-order valence-electron chi connectivity index (χ0n) is 9.69. The number of benzene rings is 1. The summed E-state index contributed by atoms with van der Waals surface area (Å²) in [6.07, 6.45) is -4.42. The highest BCUT2D eigenvalue weighted by atomic mass is 32.1. The number of carbonyl (C=O) groups is 1. The molecule has 0 bridgehead atoms. The minimum absolute atomic E-state index is 0.0202. The van der Waals surface area contributed by atoms with Crippen molar-refractivity contribution in [1.29, 1.82) is 0 Å². The Morgan fingerprint density at radius 1 is 1.37 bits per heavy atom. The fraction of sp³-hybridized carbons (Fsp3) is 0.167. The molecule has 0 fully saturated rings. The van der Waals surface area contributed by atoms with Crippen LogP contribution < -0.4 is 0 Å². The largest absolute Gasteiger partial charge is 0.464 e. The minimum Gasteiger partial charge on any atom is -0.464 e. The molecular formula is C12H8F3NO2S. The Hall–Kier alpha value is -1.89. The third-order valence-electron chi connectivity index (χ3n) is 2.40. The van der Waals surface area contributed by atoms with Crippen molar-refractivity contribution in [3.8, 4) is 10.4 Å². The highest BCUT2D eigenvalue weighted by Crippen LogP contribution is 2.34. The molecule has 2 rings (SSSR count). The lowest BCUT2D eigenvalue weighted by Gasteiger charge is -2.08. The molecule has 100 valence electrons. The molecule has 0 saturated carbocycles. The maximum Gasteiger partial charge on any atom is 0.416 e. The fourth-order valence-electron chi connectivity index (χ4n) is 1.53. The van der Waals surface area contributed by atoms with Crippen LogP contribution in [-0.4, -0.2) is 18.1 Å². The second-order valence-corrected chi connectivity index (χ2v) is 4.46. The molecule has 0 radical (unpaired) electrons. The molecule has 0 atom stereocenters. The Bertz CT molecular complexity index is 607. The average molecular weight is 287 g/mol. The predicted molar refractivity (Wildman–Crippen MR) is 63.9 cm³/mol. The van der Waals surface area contributed by atoms with Gasteiger partial charge in [0.05, 0.1) is 23.1 Å². The van der Waals surface area contributed by atoms with Crippen molar-refractivity contribution in [2.45, 2.75) is 6.18 Å². The number of rotatable bonds is 2. The summed E-state index contributed by atoms with van der Waals surface area (Å²) in [5, 5.41) is 0. The van der Waals surface area contributed by atoms with Gasteiger partial charge in [-0.3, -0.25) is 0 Å². The third-order valence-corrected chi connectivity index (χ3v) is 3.27. The van der Waals surface area contributed by atoms with E-state index in [0.717, 1.165) is 23.5 Å². The van der Waals surface area contributed by atoms with Crippen LogP contribution in [-0.2, 0) is 10.9 Å². The second-order valence-electron chi connectivity index (χ2n) is 3.60. The molecule has 1 aromatic carbocycles. The first-order valence-electron chi connectivity index (χ1n) is 5.13. The van der Waals surface area contributed by atoms with Crippen LogP contribution in [0.4, 0.5) is 13.2 Å². The van der Waals surface area contributed by atoms with Gasteiger partial charge in [0.15, 0.2) is 5.69 Å². The molecule has 3 nitrogen and oxygen atoms in total. The zero-order valence-corrected chi connectivity index (χ0v) is 10.5. The van der Waals surface area contributed by atoms with Gasteiger partial charge in [-0.1, -0.05) is 12.1 Å². The van der Waals surface area contributed by atoms with Crippen molar-refractivity contribution in [3.63, 3.8) is 0 Å². The van der Waals surface area contributed by atoms with E-state index in [0.29, 0.717) is 4.88 Å². The first-order valence-corrected chi connectivity index (χ1v) is 6.01. The maximum atomic E-state index is 12.6. The number of methoxy groups -OCH3 is 1. The van der Waals surface area contributed by atoms with Gasteiger partial charge in [-0.25, -0.2) is 9.78 Å². The summed E-state index contributed by atoms with van der Waals surface area (Å²) >= 11 is 1.09. The lowest BCUT2D eigenvalue weighted by atomic mass is 10.1. The highest BCUT2D eigenvalue weighted by Gasteiger charge is 2.31. The maximum absolute atomic E-state index is 12.6. The monoisotopic (exact) mass is 287 g/mol. The number of alkyl halides is 3. The molecule has 0 aliphatic carbocycles. The molecule has 0 amide bonds. The van der Waals surface area contributed by atoms with Crippen molar-refractivity contribution in [1.82, 2.24) is 4.98 Å². The van der Waals surface area contributed by atoms with E-state index in [-0.39, 0.29) is 11.3 Å². The summed E-state index contributed by atoms with van der Waals surface area (Å²) < 4.78 is 42.4. The van der Waals surface area contributed by atoms with Gasteiger partial charge in [-0.05, 0) is 17.7 Å². The number of hydrogen-bond acceptors (Lipinski definition) is 4. The molecule has 0 aliphatic rings. The van der Waals surface area contributed by atoms with Crippen LogP contribution >= 0.6 is 11.3 Å². The van der Waals surface area contributed by atoms with Crippen molar-refractivity contribution in [3.05, 3.63) is 41.0 Å². The molecule has 0 saturated heterocycles. The van der Waals surface area contributed by atoms with Gasteiger partial charge in [0.25, 0.3) is 0 Å². The van der Waals surface area contributed by atoms with E-state index in [1.807, 2.05) is 0 Å². The van der Waals surface area contributed by atoms with E-state index in [1.54, 1.807) is 0 Å². The topological polar surface area (TPSA) is 39.2 Å². The summed E-state index contributed by atoms with van der Waals surface area (Å²) in [7, 11) is 1.19. The van der Waals surface area contributed by atoms with Gasteiger partial charge in [-0.2, -0.15) is 13.2 Å². The van der Waals surface area contributed by atoms with Crippen LogP contribution in [0, 0.1) is 0 Å². The van der Waals surface area contributed by atoms with Crippen LogP contribution in [0.5, 0.6) is 0 Å². The van der Waals surface area contributed by atoms with Gasteiger partial charge in [0, 0.05) is 0 Å².